The summed E-state index contributed by atoms with van der Waals surface area (Å²) in [6, 6.07) is 2.89. The zero-order valence-electron chi connectivity index (χ0n) is 9.50. The average molecular weight is 446 g/mol. The van der Waals surface area contributed by atoms with Crippen molar-refractivity contribution in [2.24, 2.45) is 0 Å². The lowest BCUT2D eigenvalue weighted by molar-refractivity contribution is -0.385. The van der Waals surface area contributed by atoms with Crippen molar-refractivity contribution in [2.45, 2.75) is 19.3 Å². The summed E-state index contributed by atoms with van der Waals surface area (Å²) in [6.07, 6.45) is 3.17. The number of benzene rings is 1. The largest absolute Gasteiger partial charge is 0.491 e. The second kappa shape index (κ2) is 8.12. The number of hydrogen-bond donors (Lipinski definition) is 0. The number of alkyl halides is 1. The van der Waals surface area contributed by atoms with Gasteiger partial charge in [0.25, 0.3) is 5.69 Å². The molecule has 0 aliphatic carbocycles. The van der Waals surface area contributed by atoms with Gasteiger partial charge in [0, 0.05) is 17.5 Å². The van der Waals surface area contributed by atoms with E-state index >= 15 is 0 Å². The first-order chi connectivity index (χ1) is 8.56. The van der Waals surface area contributed by atoms with Crippen LogP contribution in [0.5, 0.6) is 5.75 Å². The lowest BCUT2D eigenvalue weighted by Gasteiger charge is -2.10. The molecule has 0 aromatic heterocycles. The number of nitro groups is 1. The van der Waals surface area contributed by atoms with Gasteiger partial charge in [-0.05, 0) is 51.1 Å². The lowest BCUT2D eigenvalue weighted by Crippen LogP contribution is -1.99. The monoisotopic (exact) mass is 443 g/mol. The fourth-order valence-corrected chi connectivity index (χ4v) is 3.13. The van der Waals surface area contributed by atoms with Gasteiger partial charge in [-0.2, -0.15) is 0 Å². The molecule has 0 heterocycles. The number of hydrogen-bond acceptors (Lipinski definition) is 3. The van der Waals surface area contributed by atoms with Gasteiger partial charge in [-0.3, -0.25) is 10.1 Å². The number of nitro benzene ring substituents is 1. The molecule has 0 saturated heterocycles. The Balaban J connectivity index is 2.63. The van der Waals surface area contributed by atoms with Crippen LogP contribution in [0.1, 0.15) is 19.3 Å². The third-order valence-electron chi connectivity index (χ3n) is 2.22. The molecule has 4 nitrogen and oxygen atoms in total. The minimum Gasteiger partial charge on any atom is -0.491 e. The van der Waals surface area contributed by atoms with E-state index in [9.17, 15) is 10.1 Å². The van der Waals surface area contributed by atoms with Crippen LogP contribution < -0.4 is 4.74 Å². The van der Waals surface area contributed by atoms with Gasteiger partial charge in [0.1, 0.15) is 5.75 Å². The first-order valence-electron chi connectivity index (χ1n) is 5.38. The van der Waals surface area contributed by atoms with E-state index < -0.39 is 4.92 Å². The molecule has 0 bridgehead atoms. The van der Waals surface area contributed by atoms with Crippen molar-refractivity contribution < 1.29 is 9.66 Å². The van der Waals surface area contributed by atoms with Crippen LogP contribution in [-0.4, -0.2) is 16.9 Å². The Kier molecular flexibility index (Phi) is 7.18. The van der Waals surface area contributed by atoms with E-state index in [0.717, 1.165) is 24.6 Å². The molecule has 1 aromatic rings. The first-order valence-corrected chi connectivity index (χ1v) is 8.09. The molecule has 100 valence electrons. The number of nitrogens with zero attached hydrogens (tertiary/aromatic N) is 1. The molecule has 0 aliphatic heterocycles. The number of halogens is 3. The van der Waals surface area contributed by atoms with Gasteiger partial charge < -0.3 is 4.74 Å². The van der Waals surface area contributed by atoms with Gasteiger partial charge >= 0.3 is 0 Å². The van der Waals surface area contributed by atoms with Crippen molar-refractivity contribution in [3.8, 4) is 5.75 Å². The first kappa shape index (κ1) is 15.9. The average Bonchev–Trinajstić information content (AvgIpc) is 2.31. The van der Waals surface area contributed by atoms with Crippen LogP contribution in [0.25, 0.3) is 0 Å². The standard InChI is InChI=1S/C11H12Br3NO3/c12-4-2-1-3-5-18-11-9(13)6-8(15(16)17)7-10(11)14/h6-7H,1-5H2. The van der Waals surface area contributed by atoms with Crippen molar-refractivity contribution in [2.75, 3.05) is 11.9 Å². The molecular weight excluding hydrogens is 434 g/mol. The van der Waals surface area contributed by atoms with Gasteiger partial charge in [-0.25, -0.2) is 0 Å². The van der Waals surface area contributed by atoms with Gasteiger partial charge in [0.2, 0.25) is 0 Å². The summed E-state index contributed by atoms with van der Waals surface area (Å²) < 4.78 is 6.79. The van der Waals surface area contributed by atoms with E-state index in [1.165, 1.54) is 12.1 Å². The Bertz CT molecular complexity index is 403. The quantitative estimate of drug-likeness (QED) is 0.255. The molecule has 0 saturated carbocycles. The third kappa shape index (κ3) is 4.85. The summed E-state index contributed by atoms with van der Waals surface area (Å²) in [5.74, 6) is 0.611. The molecule has 0 aliphatic rings. The predicted molar refractivity (Wildman–Crippen MR) is 81.6 cm³/mol. The fraction of sp³-hybridized carbons (Fsp3) is 0.455. The van der Waals surface area contributed by atoms with Gasteiger partial charge in [0.05, 0.1) is 20.5 Å². The second-order valence-corrected chi connectivity index (χ2v) is 6.10. The second-order valence-electron chi connectivity index (χ2n) is 3.59. The van der Waals surface area contributed by atoms with Crippen LogP contribution in [0, 0.1) is 10.1 Å². The van der Waals surface area contributed by atoms with Gasteiger partial charge in [-0.1, -0.05) is 15.9 Å². The zero-order valence-corrected chi connectivity index (χ0v) is 14.3. The Morgan fingerprint density at radius 2 is 1.78 bits per heavy atom. The molecule has 0 radical (unpaired) electrons. The minimum absolute atomic E-state index is 0.0281. The molecule has 0 amide bonds. The minimum atomic E-state index is -0.435. The molecule has 1 aromatic carbocycles. The van der Waals surface area contributed by atoms with Gasteiger partial charge in [0.15, 0.2) is 0 Å². The van der Waals surface area contributed by atoms with Crippen LogP contribution in [0.2, 0.25) is 0 Å². The Morgan fingerprint density at radius 3 is 2.28 bits per heavy atom. The number of rotatable bonds is 7. The summed E-state index contributed by atoms with van der Waals surface area (Å²) in [5, 5.41) is 11.7. The Labute approximate surface area is 131 Å². The third-order valence-corrected chi connectivity index (χ3v) is 3.96. The summed E-state index contributed by atoms with van der Waals surface area (Å²) >= 11 is 9.94. The van der Waals surface area contributed by atoms with Crippen LogP contribution >= 0.6 is 47.8 Å². The highest BCUT2D eigenvalue weighted by Crippen LogP contribution is 2.37. The van der Waals surface area contributed by atoms with Gasteiger partial charge in [-0.15, -0.1) is 0 Å². The SMILES string of the molecule is O=[N+]([O-])c1cc(Br)c(OCCCCCBr)c(Br)c1. The van der Waals surface area contributed by atoms with Crippen molar-refractivity contribution in [3.63, 3.8) is 0 Å². The maximum Gasteiger partial charge on any atom is 0.271 e. The van der Waals surface area contributed by atoms with E-state index in [-0.39, 0.29) is 5.69 Å². The van der Waals surface area contributed by atoms with E-state index in [4.69, 9.17) is 4.74 Å². The van der Waals surface area contributed by atoms with E-state index in [0.29, 0.717) is 21.3 Å². The van der Waals surface area contributed by atoms with Crippen LogP contribution in [-0.2, 0) is 0 Å². The maximum atomic E-state index is 10.7. The molecule has 7 heteroatoms. The highest BCUT2D eigenvalue weighted by molar-refractivity contribution is 9.11. The van der Waals surface area contributed by atoms with Crippen molar-refractivity contribution >= 4 is 53.5 Å². The molecule has 0 unspecified atom stereocenters. The zero-order chi connectivity index (χ0) is 13.5. The van der Waals surface area contributed by atoms with Crippen molar-refractivity contribution in [1.82, 2.24) is 0 Å². The predicted octanol–water partition coefficient (Wildman–Crippen LogP) is 5.06. The summed E-state index contributed by atoms with van der Waals surface area (Å²) in [6.45, 7) is 0.599. The number of unbranched alkanes of at least 4 members (excludes halogenated alkanes) is 2. The summed E-state index contributed by atoms with van der Waals surface area (Å²) in [5.41, 5.74) is 0.0281. The normalized spacial score (nSPS) is 10.4. The topological polar surface area (TPSA) is 52.4 Å². The number of non-ortho nitro benzene ring substituents is 1. The Hall–Kier alpha value is -0.140. The molecule has 0 N–H and O–H groups in total. The smallest absolute Gasteiger partial charge is 0.271 e. The van der Waals surface area contributed by atoms with Crippen LogP contribution in [0.15, 0.2) is 21.1 Å². The van der Waals surface area contributed by atoms with E-state index in [1.54, 1.807) is 0 Å². The maximum absolute atomic E-state index is 10.7. The van der Waals surface area contributed by atoms with Crippen LogP contribution in [0.4, 0.5) is 5.69 Å². The van der Waals surface area contributed by atoms with Crippen molar-refractivity contribution in [3.05, 3.63) is 31.2 Å². The lowest BCUT2D eigenvalue weighted by atomic mass is 10.2. The molecule has 0 spiro atoms. The highest BCUT2D eigenvalue weighted by atomic mass is 79.9. The molecule has 18 heavy (non-hydrogen) atoms. The van der Waals surface area contributed by atoms with Crippen molar-refractivity contribution in [1.29, 1.82) is 0 Å². The van der Waals surface area contributed by atoms with E-state index in [2.05, 4.69) is 47.8 Å². The Morgan fingerprint density at radius 1 is 1.17 bits per heavy atom. The number of ether oxygens (including phenoxy) is 1. The molecule has 1 rings (SSSR count). The molecule has 0 atom stereocenters. The summed E-state index contributed by atoms with van der Waals surface area (Å²) in [7, 11) is 0. The van der Waals surface area contributed by atoms with Crippen LogP contribution in [0.3, 0.4) is 0 Å². The molecular formula is C11H12Br3NO3. The highest BCUT2D eigenvalue weighted by Gasteiger charge is 2.14. The summed E-state index contributed by atoms with van der Waals surface area (Å²) in [4.78, 5) is 10.2. The fourth-order valence-electron chi connectivity index (χ4n) is 1.34. The van der Waals surface area contributed by atoms with E-state index in [1.807, 2.05) is 0 Å². The molecule has 0 fully saturated rings.